The standard InChI is InChI=1S/C20H20N2O/c1-13-4-5-16-15(11-13)12-18(23)17-3-2-8-22-20(17)19(16)14-6-9-21-10-7-14/h2-5,8,11,21H,6-7,9-10,12H2,1H3. The van der Waals surface area contributed by atoms with E-state index in [1.165, 1.54) is 22.3 Å². The van der Waals surface area contributed by atoms with Crippen LogP contribution in [0.15, 0.2) is 42.1 Å². The van der Waals surface area contributed by atoms with Crippen molar-refractivity contribution >= 4 is 11.4 Å². The summed E-state index contributed by atoms with van der Waals surface area (Å²) >= 11 is 0. The number of fused-ring (bicyclic) bond motifs is 2. The second-order valence-electron chi connectivity index (χ2n) is 6.39. The molecule has 4 rings (SSSR count). The molecular formula is C20H20N2O. The highest BCUT2D eigenvalue weighted by atomic mass is 16.1. The minimum Gasteiger partial charge on any atom is -0.316 e. The van der Waals surface area contributed by atoms with Crippen LogP contribution in [-0.4, -0.2) is 23.9 Å². The van der Waals surface area contributed by atoms with E-state index in [0.717, 1.165) is 42.8 Å². The largest absolute Gasteiger partial charge is 0.316 e. The molecule has 0 spiro atoms. The van der Waals surface area contributed by atoms with Gasteiger partial charge >= 0.3 is 0 Å². The highest BCUT2D eigenvalue weighted by Crippen LogP contribution is 2.37. The smallest absolute Gasteiger partial charge is 0.169 e. The van der Waals surface area contributed by atoms with Crippen LogP contribution in [0.25, 0.3) is 5.57 Å². The van der Waals surface area contributed by atoms with E-state index >= 15 is 0 Å². The van der Waals surface area contributed by atoms with Gasteiger partial charge in [-0.1, -0.05) is 29.3 Å². The zero-order valence-corrected chi connectivity index (χ0v) is 13.4. The Hall–Kier alpha value is -2.26. The van der Waals surface area contributed by atoms with Crippen LogP contribution in [0.5, 0.6) is 0 Å². The van der Waals surface area contributed by atoms with Gasteiger partial charge in [-0.05, 0) is 56.1 Å². The number of ketones is 1. The van der Waals surface area contributed by atoms with E-state index in [1.54, 1.807) is 6.20 Å². The zero-order valence-electron chi connectivity index (χ0n) is 13.4. The number of nitrogens with one attached hydrogen (secondary N) is 1. The lowest BCUT2D eigenvalue weighted by Crippen LogP contribution is -2.24. The fourth-order valence-corrected chi connectivity index (χ4v) is 3.67. The van der Waals surface area contributed by atoms with Gasteiger partial charge in [0.25, 0.3) is 0 Å². The molecule has 1 fully saturated rings. The average molecular weight is 304 g/mol. The van der Waals surface area contributed by atoms with Gasteiger partial charge in [-0.3, -0.25) is 9.78 Å². The maximum atomic E-state index is 12.7. The molecule has 2 aromatic rings. The summed E-state index contributed by atoms with van der Waals surface area (Å²) in [4.78, 5) is 17.3. The fraction of sp³-hybridized carbons (Fsp3) is 0.300. The third-order valence-electron chi connectivity index (χ3n) is 4.79. The number of pyridine rings is 1. The topological polar surface area (TPSA) is 42.0 Å². The first-order valence-electron chi connectivity index (χ1n) is 8.25. The Morgan fingerprint density at radius 2 is 1.91 bits per heavy atom. The maximum absolute atomic E-state index is 12.7. The molecule has 2 aliphatic rings. The highest BCUT2D eigenvalue weighted by molar-refractivity contribution is 6.05. The van der Waals surface area contributed by atoms with E-state index in [9.17, 15) is 4.79 Å². The molecule has 0 saturated carbocycles. The Balaban J connectivity index is 2.03. The van der Waals surface area contributed by atoms with Crippen molar-refractivity contribution in [2.45, 2.75) is 26.2 Å². The summed E-state index contributed by atoms with van der Waals surface area (Å²) in [5.74, 6) is 0.171. The number of hydrogen-bond donors (Lipinski definition) is 1. The summed E-state index contributed by atoms with van der Waals surface area (Å²) in [5, 5.41) is 3.41. The zero-order chi connectivity index (χ0) is 15.8. The SMILES string of the molecule is Cc1ccc2c(c1)CC(=O)c1cccnc1C2=C1CCNCC1. The van der Waals surface area contributed by atoms with E-state index in [-0.39, 0.29) is 5.78 Å². The lowest BCUT2D eigenvalue weighted by molar-refractivity contribution is 0.0993. The Morgan fingerprint density at radius 3 is 2.74 bits per heavy atom. The first-order valence-corrected chi connectivity index (χ1v) is 8.25. The Labute approximate surface area is 136 Å². The van der Waals surface area contributed by atoms with Crippen molar-refractivity contribution in [3.63, 3.8) is 0 Å². The van der Waals surface area contributed by atoms with Crippen molar-refractivity contribution in [1.82, 2.24) is 10.3 Å². The van der Waals surface area contributed by atoms with Crippen LogP contribution in [-0.2, 0) is 6.42 Å². The molecular weight excluding hydrogens is 284 g/mol. The summed E-state index contributed by atoms with van der Waals surface area (Å²) in [6.07, 6.45) is 4.30. The van der Waals surface area contributed by atoms with E-state index in [0.29, 0.717) is 6.42 Å². The Morgan fingerprint density at radius 1 is 1.09 bits per heavy atom. The highest BCUT2D eigenvalue weighted by Gasteiger charge is 2.27. The van der Waals surface area contributed by atoms with Crippen molar-refractivity contribution in [2.24, 2.45) is 0 Å². The molecule has 1 saturated heterocycles. The van der Waals surface area contributed by atoms with Gasteiger partial charge in [0, 0.05) is 23.8 Å². The second-order valence-corrected chi connectivity index (χ2v) is 6.39. The van der Waals surface area contributed by atoms with Gasteiger partial charge in [0.05, 0.1) is 5.69 Å². The van der Waals surface area contributed by atoms with Crippen LogP contribution in [0.3, 0.4) is 0 Å². The molecule has 2 heterocycles. The molecule has 116 valence electrons. The number of piperidine rings is 1. The van der Waals surface area contributed by atoms with Gasteiger partial charge in [0.15, 0.2) is 5.78 Å². The molecule has 0 radical (unpaired) electrons. The van der Waals surface area contributed by atoms with Gasteiger partial charge in [-0.25, -0.2) is 0 Å². The molecule has 1 aliphatic carbocycles. The first-order chi connectivity index (χ1) is 11.2. The molecule has 3 nitrogen and oxygen atoms in total. The average Bonchev–Trinajstić information content (AvgIpc) is 2.70. The number of carbonyl (C=O) groups excluding carboxylic acids is 1. The minimum absolute atomic E-state index is 0.171. The van der Waals surface area contributed by atoms with E-state index in [2.05, 4.69) is 35.4 Å². The number of aryl methyl sites for hydroxylation is 1. The summed E-state index contributed by atoms with van der Waals surface area (Å²) in [7, 11) is 0. The second kappa shape index (κ2) is 5.74. The molecule has 1 aromatic heterocycles. The Bertz CT molecular complexity index is 812. The number of benzene rings is 1. The molecule has 0 atom stereocenters. The number of aromatic nitrogens is 1. The summed E-state index contributed by atoms with van der Waals surface area (Å²) in [6.45, 7) is 4.07. The van der Waals surface area contributed by atoms with Gasteiger partial charge in [-0.15, -0.1) is 0 Å². The van der Waals surface area contributed by atoms with Crippen LogP contribution < -0.4 is 5.32 Å². The normalized spacial score (nSPS) is 17.5. The molecule has 1 N–H and O–H groups in total. The van der Waals surface area contributed by atoms with Crippen LogP contribution in [0.4, 0.5) is 0 Å². The third-order valence-corrected chi connectivity index (χ3v) is 4.79. The van der Waals surface area contributed by atoms with Gasteiger partial charge < -0.3 is 5.32 Å². The molecule has 1 aliphatic heterocycles. The molecule has 0 amide bonds. The van der Waals surface area contributed by atoms with Crippen LogP contribution in [0.1, 0.15) is 45.6 Å². The van der Waals surface area contributed by atoms with Crippen molar-refractivity contribution < 1.29 is 4.79 Å². The lowest BCUT2D eigenvalue weighted by atomic mass is 9.88. The molecule has 0 bridgehead atoms. The fourth-order valence-electron chi connectivity index (χ4n) is 3.67. The van der Waals surface area contributed by atoms with Crippen LogP contribution in [0, 0.1) is 6.92 Å². The molecule has 3 heteroatoms. The number of rotatable bonds is 0. The number of carbonyl (C=O) groups is 1. The first kappa shape index (κ1) is 14.3. The predicted molar refractivity (Wildman–Crippen MR) is 91.6 cm³/mol. The monoisotopic (exact) mass is 304 g/mol. The summed E-state index contributed by atoms with van der Waals surface area (Å²) in [5.41, 5.74) is 7.78. The quantitative estimate of drug-likeness (QED) is 0.812. The van der Waals surface area contributed by atoms with Crippen molar-refractivity contribution in [1.29, 1.82) is 0 Å². The van der Waals surface area contributed by atoms with Crippen molar-refractivity contribution in [3.8, 4) is 0 Å². The predicted octanol–water partition coefficient (Wildman–Crippen LogP) is 3.31. The van der Waals surface area contributed by atoms with Crippen molar-refractivity contribution in [3.05, 3.63) is 70.0 Å². The van der Waals surface area contributed by atoms with E-state index in [4.69, 9.17) is 0 Å². The van der Waals surface area contributed by atoms with Gasteiger partial charge in [-0.2, -0.15) is 0 Å². The van der Waals surface area contributed by atoms with E-state index < -0.39 is 0 Å². The van der Waals surface area contributed by atoms with Gasteiger partial charge in [0.2, 0.25) is 0 Å². The summed E-state index contributed by atoms with van der Waals surface area (Å²) < 4.78 is 0. The lowest BCUT2D eigenvalue weighted by Gasteiger charge is -2.21. The number of nitrogens with zero attached hydrogens (tertiary/aromatic N) is 1. The summed E-state index contributed by atoms with van der Waals surface area (Å²) in [6, 6.07) is 10.2. The minimum atomic E-state index is 0.171. The molecule has 0 unspecified atom stereocenters. The van der Waals surface area contributed by atoms with Crippen LogP contribution in [0.2, 0.25) is 0 Å². The number of Topliss-reactive ketones (excluding diaryl/α,β-unsaturated/α-hetero) is 1. The van der Waals surface area contributed by atoms with E-state index in [1.807, 2.05) is 12.1 Å². The maximum Gasteiger partial charge on any atom is 0.169 e. The Kier molecular flexibility index (Phi) is 3.58. The molecule has 23 heavy (non-hydrogen) atoms. The van der Waals surface area contributed by atoms with Gasteiger partial charge in [0.1, 0.15) is 0 Å². The van der Waals surface area contributed by atoms with Crippen molar-refractivity contribution in [2.75, 3.05) is 13.1 Å². The molecule has 1 aromatic carbocycles. The van der Waals surface area contributed by atoms with Crippen LogP contribution >= 0.6 is 0 Å². The number of hydrogen-bond acceptors (Lipinski definition) is 3. The third kappa shape index (κ3) is 2.51.